The van der Waals surface area contributed by atoms with Crippen molar-refractivity contribution in [2.24, 2.45) is 0 Å². The van der Waals surface area contributed by atoms with E-state index >= 15 is 0 Å². The average molecular weight is 461 g/mol. The number of amides is 1. The van der Waals surface area contributed by atoms with E-state index in [-0.39, 0.29) is 18.0 Å². The van der Waals surface area contributed by atoms with Gasteiger partial charge in [-0.25, -0.2) is 0 Å². The van der Waals surface area contributed by atoms with Crippen LogP contribution in [0, 0.1) is 0 Å². The quantitative estimate of drug-likeness (QED) is 0.531. The fraction of sp³-hybridized carbons (Fsp3) is 0.321. The number of methoxy groups -OCH3 is 3. The summed E-state index contributed by atoms with van der Waals surface area (Å²) in [5.41, 5.74) is 4.21. The third kappa shape index (κ3) is 5.02. The van der Waals surface area contributed by atoms with Crippen molar-refractivity contribution < 1.29 is 19.0 Å². The molecule has 2 atom stereocenters. The van der Waals surface area contributed by atoms with Crippen LogP contribution >= 0.6 is 0 Å². The van der Waals surface area contributed by atoms with E-state index in [1.807, 2.05) is 42.5 Å². The first kappa shape index (κ1) is 23.6. The number of fused-ring (bicyclic) bond motifs is 1. The Labute approximate surface area is 201 Å². The van der Waals surface area contributed by atoms with Crippen LogP contribution in [0.3, 0.4) is 0 Å². The fourth-order valence-corrected chi connectivity index (χ4v) is 4.72. The summed E-state index contributed by atoms with van der Waals surface area (Å²) >= 11 is 0. The van der Waals surface area contributed by atoms with Gasteiger partial charge in [0.15, 0.2) is 11.5 Å². The first-order valence-electron chi connectivity index (χ1n) is 11.5. The van der Waals surface area contributed by atoms with Gasteiger partial charge in [0, 0.05) is 24.7 Å². The predicted molar refractivity (Wildman–Crippen MR) is 133 cm³/mol. The van der Waals surface area contributed by atoms with Gasteiger partial charge in [0.25, 0.3) is 5.91 Å². The zero-order chi connectivity index (χ0) is 24.1. The van der Waals surface area contributed by atoms with Crippen LogP contribution in [0.2, 0.25) is 0 Å². The maximum atomic E-state index is 13.0. The zero-order valence-electron chi connectivity index (χ0n) is 20.2. The molecule has 1 N–H and O–H groups in total. The number of hydrogen-bond donors (Lipinski definition) is 1. The smallest absolute Gasteiger partial charge is 0.251 e. The molecule has 0 saturated heterocycles. The van der Waals surface area contributed by atoms with E-state index in [0.29, 0.717) is 11.3 Å². The summed E-state index contributed by atoms with van der Waals surface area (Å²) in [6.45, 7) is 3.69. The van der Waals surface area contributed by atoms with Gasteiger partial charge in [-0.2, -0.15) is 0 Å². The van der Waals surface area contributed by atoms with E-state index in [1.54, 1.807) is 21.3 Å². The number of hydrogen-bond acceptors (Lipinski definition) is 5. The van der Waals surface area contributed by atoms with Crippen LogP contribution in [-0.2, 0) is 13.0 Å². The molecule has 2 unspecified atom stereocenters. The minimum Gasteiger partial charge on any atom is -0.497 e. The monoisotopic (exact) mass is 460 g/mol. The van der Waals surface area contributed by atoms with Crippen molar-refractivity contribution in [3.05, 3.63) is 89.0 Å². The molecule has 1 amide bonds. The van der Waals surface area contributed by atoms with Crippen LogP contribution in [0.15, 0.2) is 66.7 Å². The van der Waals surface area contributed by atoms with E-state index in [4.69, 9.17) is 14.2 Å². The molecule has 4 rings (SSSR count). The number of ether oxygens (including phenoxy) is 3. The zero-order valence-corrected chi connectivity index (χ0v) is 20.2. The molecule has 6 nitrogen and oxygen atoms in total. The van der Waals surface area contributed by atoms with Gasteiger partial charge in [0.05, 0.1) is 27.4 Å². The SMILES string of the molecule is COc1ccc(CN2CCc3cc(OC)c(OC)cc3C2C(C)NC(=O)c2ccccc2)cc1. The van der Waals surface area contributed by atoms with Crippen LogP contribution in [0.5, 0.6) is 17.2 Å². The van der Waals surface area contributed by atoms with Gasteiger partial charge in [0.2, 0.25) is 0 Å². The number of nitrogens with one attached hydrogen (secondary N) is 1. The third-order valence-electron chi connectivity index (χ3n) is 6.44. The highest BCUT2D eigenvalue weighted by Gasteiger charge is 2.34. The van der Waals surface area contributed by atoms with Gasteiger partial charge in [0.1, 0.15) is 5.75 Å². The highest BCUT2D eigenvalue weighted by atomic mass is 16.5. The molecule has 0 spiro atoms. The minimum absolute atomic E-state index is 0.0293. The molecule has 3 aromatic carbocycles. The van der Waals surface area contributed by atoms with Crippen LogP contribution in [-0.4, -0.2) is 44.7 Å². The van der Waals surface area contributed by atoms with Crippen LogP contribution in [0.25, 0.3) is 0 Å². The Morgan fingerprint density at radius 2 is 1.65 bits per heavy atom. The van der Waals surface area contributed by atoms with Crippen molar-refractivity contribution in [2.45, 2.75) is 32.0 Å². The molecule has 3 aromatic rings. The van der Waals surface area contributed by atoms with Crippen LogP contribution < -0.4 is 19.5 Å². The second-order valence-corrected chi connectivity index (χ2v) is 8.55. The molecule has 0 aliphatic carbocycles. The third-order valence-corrected chi connectivity index (χ3v) is 6.44. The Hall–Kier alpha value is -3.51. The summed E-state index contributed by atoms with van der Waals surface area (Å²) in [7, 11) is 4.98. The normalized spacial score (nSPS) is 16.3. The summed E-state index contributed by atoms with van der Waals surface area (Å²) in [4.78, 5) is 15.4. The lowest BCUT2D eigenvalue weighted by Gasteiger charge is -2.41. The highest BCUT2D eigenvalue weighted by Crippen LogP contribution is 2.40. The number of nitrogens with zero attached hydrogens (tertiary/aromatic N) is 1. The molecule has 0 aromatic heterocycles. The molecule has 0 radical (unpaired) electrons. The lowest BCUT2D eigenvalue weighted by atomic mass is 9.87. The number of carbonyl (C=O) groups is 1. The molecule has 178 valence electrons. The van der Waals surface area contributed by atoms with E-state index in [9.17, 15) is 4.79 Å². The molecule has 0 bridgehead atoms. The molecule has 1 heterocycles. The summed E-state index contributed by atoms with van der Waals surface area (Å²) < 4.78 is 16.5. The molecule has 6 heteroatoms. The van der Waals surface area contributed by atoms with E-state index in [1.165, 1.54) is 11.1 Å². The summed E-state index contributed by atoms with van der Waals surface area (Å²) in [5, 5.41) is 3.23. The number of benzene rings is 3. The molecule has 1 aliphatic heterocycles. The summed E-state index contributed by atoms with van der Waals surface area (Å²) in [6, 6.07) is 21.4. The van der Waals surface area contributed by atoms with Crippen molar-refractivity contribution in [1.29, 1.82) is 0 Å². The Kier molecular flexibility index (Phi) is 7.38. The molecule has 0 fully saturated rings. The standard InChI is InChI=1S/C28H32N2O4/c1-19(29-28(31)21-8-6-5-7-9-21)27-24-17-26(34-4)25(33-3)16-22(24)14-15-30(27)18-20-10-12-23(32-2)13-11-20/h5-13,16-17,19,27H,14-15,18H2,1-4H3,(H,29,31). The largest absolute Gasteiger partial charge is 0.497 e. The summed E-state index contributed by atoms with van der Waals surface area (Å²) in [5.74, 6) is 2.18. The van der Waals surface area contributed by atoms with Gasteiger partial charge in [-0.3, -0.25) is 9.69 Å². The second-order valence-electron chi connectivity index (χ2n) is 8.55. The van der Waals surface area contributed by atoms with Gasteiger partial charge < -0.3 is 19.5 Å². The van der Waals surface area contributed by atoms with Crippen molar-refractivity contribution in [3.63, 3.8) is 0 Å². The highest BCUT2D eigenvalue weighted by molar-refractivity contribution is 5.94. The fourth-order valence-electron chi connectivity index (χ4n) is 4.72. The van der Waals surface area contributed by atoms with Crippen molar-refractivity contribution >= 4 is 5.91 Å². The molecule has 1 aliphatic rings. The molecular weight excluding hydrogens is 428 g/mol. The molecular formula is C28H32N2O4. The maximum Gasteiger partial charge on any atom is 0.251 e. The van der Waals surface area contributed by atoms with E-state index in [2.05, 4.69) is 41.4 Å². The van der Waals surface area contributed by atoms with Gasteiger partial charge in [-0.05, 0) is 66.4 Å². The minimum atomic E-state index is -0.136. The van der Waals surface area contributed by atoms with Crippen LogP contribution in [0.4, 0.5) is 0 Å². The van der Waals surface area contributed by atoms with E-state index in [0.717, 1.165) is 36.6 Å². The average Bonchev–Trinajstić information content (AvgIpc) is 2.88. The Morgan fingerprint density at radius 1 is 0.971 bits per heavy atom. The Morgan fingerprint density at radius 3 is 2.29 bits per heavy atom. The second kappa shape index (κ2) is 10.6. The number of carbonyl (C=O) groups excluding carboxylic acids is 1. The Bertz CT molecular complexity index is 1120. The molecule has 0 saturated carbocycles. The molecule has 34 heavy (non-hydrogen) atoms. The van der Waals surface area contributed by atoms with Crippen molar-refractivity contribution in [3.8, 4) is 17.2 Å². The van der Waals surface area contributed by atoms with Gasteiger partial charge >= 0.3 is 0 Å². The first-order chi connectivity index (χ1) is 16.5. The first-order valence-corrected chi connectivity index (χ1v) is 11.5. The lowest BCUT2D eigenvalue weighted by molar-refractivity contribution is 0.0877. The summed E-state index contributed by atoms with van der Waals surface area (Å²) in [6.07, 6.45) is 0.891. The number of rotatable bonds is 8. The van der Waals surface area contributed by atoms with Gasteiger partial charge in [-0.1, -0.05) is 30.3 Å². The predicted octanol–water partition coefficient (Wildman–Crippen LogP) is 4.63. The Balaban J connectivity index is 1.67. The topological polar surface area (TPSA) is 60.0 Å². The van der Waals surface area contributed by atoms with Crippen molar-refractivity contribution in [1.82, 2.24) is 10.2 Å². The maximum absolute atomic E-state index is 13.0. The van der Waals surface area contributed by atoms with E-state index < -0.39 is 0 Å². The van der Waals surface area contributed by atoms with Crippen molar-refractivity contribution in [2.75, 3.05) is 27.9 Å². The van der Waals surface area contributed by atoms with Gasteiger partial charge in [-0.15, -0.1) is 0 Å². The lowest BCUT2D eigenvalue weighted by Crippen LogP contribution is -2.47. The van der Waals surface area contributed by atoms with Crippen LogP contribution in [0.1, 0.15) is 40.0 Å².